The van der Waals surface area contributed by atoms with E-state index in [1.807, 2.05) is 6.07 Å². The van der Waals surface area contributed by atoms with Crippen LogP contribution < -0.4 is 5.73 Å². The number of anilines is 1. The maximum absolute atomic E-state index is 6.20. The standard InChI is InChI=1S/C16H21Cl2N3/c1-2-14(10-6-4-3-5-7-10)21-15-9-12(18)11(17)8-13(15)20-16(21)19/h8-10,14H,2-7H2,1H3,(H2,19,20). The third kappa shape index (κ3) is 2.74. The minimum Gasteiger partial charge on any atom is -0.369 e. The molecule has 1 aliphatic rings. The molecule has 1 saturated carbocycles. The average molecular weight is 326 g/mol. The molecule has 2 N–H and O–H groups in total. The quantitative estimate of drug-likeness (QED) is 0.814. The molecule has 3 nitrogen and oxygen atoms in total. The Morgan fingerprint density at radius 3 is 2.57 bits per heavy atom. The molecule has 0 aliphatic heterocycles. The normalized spacial score (nSPS) is 18.2. The fourth-order valence-corrected chi connectivity index (χ4v) is 4.02. The summed E-state index contributed by atoms with van der Waals surface area (Å²) in [6.07, 6.45) is 7.60. The third-order valence-electron chi connectivity index (χ3n) is 4.70. The Morgan fingerprint density at radius 2 is 1.90 bits per heavy atom. The van der Waals surface area contributed by atoms with E-state index in [2.05, 4.69) is 16.5 Å². The first-order chi connectivity index (χ1) is 10.1. The van der Waals surface area contributed by atoms with Crippen LogP contribution in [0.4, 0.5) is 5.95 Å². The van der Waals surface area contributed by atoms with Crippen molar-refractivity contribution in [1.82, 2.24) is 9.55 Å². The van der Waals surface area contributed by atoms with Crippen molar-refractivity contribution in [2.75, 3.05) is 5.73 Å². The van der Waals surface area contributed by atoms with Crippen molar-refractivity contribution in [3.05, 3.63) is 22.2 Å². The zero-order chi connectivity index (χ0) is 15.0. The third-order valence-corrected chi connectivity index (χ3v) is 5.42. The van der Waals surface area contributed by atoms with E-state index >= 15 is 0 Å². The summed E-state index contributed by atoms with van der Waals surface area (Å²) in [5, 5.41) is 1.09. The number of fused-ring (bicyclic) bond motifs is 1. The second-order valence-electron chi connectivity index (χ2n) is 5.97. The first kappa shape index (κ1) is 15.0. The lowest BCUT2D eigenvalue weighted by Gasteiger charge is -2.31. The number of nitrogens with zero attached hydrogens (tertiary/aromatic N) is 2. The van der Waals surface area contributed by atoms with Crippen LogP contribution in [0.3, 0.4) is 0 Å². The zero-order valence-electron chi connectivity index (χ0n) is 12.3. The van der Waals surface area contributed by atoms with Gasteiger partial charge in [-0.1, -0.05) is 49.4 Å². The monoisotopic (exact) mass is 325 g/mol. The summed E-state index contributed by atoms with van der Waals surface area (Å²) in [6, 6.07) is 4.10. The van der Waals surface area contributed by atoms with E-state index in [1.165, 1.54) is 32.1 Å². The van der Waals surface area contributed by atoms with Crippen LogP contribution in [0.1, 0.15) is 51.5 Å². The van der Waals surface area contributed by atoms with Crippen LogP contribution in [0.2, 0.25) is 10.0 Å². The SMILES string of the molecule is CCC(C1CCCCC1)n1c(N)nc2cc(Cl)c(Cl)cc21. The number of rotatable bonds is 3. The highest BCUT2D eigenvalue weighted by molar-refractivity contribution is 6.42. The van der Waals surface area contributed by atoms with E-state index < -0.39 is 0 Å². The van der Waals surface area contributed by atoms with Crippen LogP contribution in [0, 0.1) is 5.92 Å². The lowest BCUT2D eigenvalue weighted by atomic mass is 9.82. The van der Waals surface area contributed by atoms with Gasteiger partial charge in [-0.15, -0.1) is 0 Å². The van der Waals surface area contributed by atoms with Gasteiger partial charge in [0, 0.05) is 6.04 Å². The Labute approximate surface area is 135 Å². The summed E-state index contributed by atoms with van der Waals surface area (Å²) in [4.78, 5) is 4.48. The highest BCUT2D eigenvalue weighted by atomic mass is 35.5. The second kappa shape index (κ2) is 6.05. The highest BCUT2D eigenvalue weighted by Crippen LogP contribution is 2.39. The molecule has 0 bridgehead atoms. The summed E-state index contributed by atoms with van der Waals surface area (Å²) in [7, 11) is 0. The molecule has 0 saturated heterocycles. The van der Waals surface area contributed by atoms with Crippen molar-refractivity contribution in [1.29, 1.82) is 0 Å². The van der Waals surface area contributed by atoms with Gasteiger partial charge in [0.05, 0.1) is 21.1 Å². The van der Waals surface area contributed by atoms with Gasteiger partial charge in [-0.3, -0.25) is 0 Å². The molecule has 1 unspecified atom stereocenters. The highest BCUT2D eigenvalue weighted by Gasteiger charge is 2.26. The Morgan fingerprint density at radius 1 is 1.24 bits per heavy atom. The fourth-order valence-electron chi connectivity index (χ4n) is 3.70. The average Bonchev–Trinajstić information content (AvgIpc) is 2.78. The van der Waals surface area contributed by atoms with Crippen LogP contribution >= 0.6 is 23.2 Å². The largest absolute Gasteiger partial charge is 0.369 e. The van der Waals surface area contributed by atoms with Crippen LogP contribution in [0.25, 0.3) is 11.0 Å². The summed E-state index contributed by atoms with van der Waals surface area (Å²) in [6.45, 7) is 2.22. The summed E-state index contributed by atoms with van der Waals surface area (Å²) < 4.78 is 2.17. The van der Waals surface area contributed by atoms with Gasteiger partial charge in [-0.05, 0) is 37.3 Å². The van der Waals surface area contributed by atoms with E-state index in [0.29, 0.717) is 28.0 Å². The van der Waals surface area contributed by atoms with Gasteiger partial charge in [0.1, 0.15) is 0 Å². The Balaban J connectivity index is 2.08. The van der Waals surface area contributed by atoms with Crippen LogP contribution in [0.15, 0.2) is 12.1 Å². The van der Waals surface area contributed by atoms with E-state index in [9.17, 15) is 0 Å². The van der Waals surface area contributed by atoms with Gasteiger partial charge < -0.3 is 10.3 Å². The molecule has 1 aromatic heterocycles. The van der Waals surface area contributed by atoms with Crippen molar-refractivity contribution in [2.24, 2.45) is 5.92 Å². The van der Waals surface area contributed by atoms with Gasteiger partial charge in [0.15, 0.2) is 0 Å². The molecule has 0 spiro atoms. The summed E-state index contributed by atoms with van der Waals surface area (Å²) in [5.41, 5.74) is 8.03. The van der Waals surface area contributed by atoms with Gasteiger partial charge in [-0.25, -0.2) is 4.98 Å². The predicted molar refractivity (Wildman–Crippen MR) is 90.1 cm³/mol. The minimum absolute atomic E-state index is 0.396. The topological polar surface area (TPSA) is 43.8 Å². The van der Waals surface area contributed by atoms with E-state index in [0.717, 1.165) is 17.5 Å². The van der Waals surface area contributed by atoms with E-state index in [4.69, 9.17) is 28.9 Å². The number of aromatic nitrogens is 2. The van der Waals surface area contributed by atoms with Crippen molar-refractivity contribution in [3.63, 3.8) is 0 Å². The van der Waals surface area contributed by atoms with Crippen molar-refractivity contribution in [3.8, 4) is 0 Å². The number of nitrogens with two attached hydrogens (primary N) is 1. The number of hydrogen-bond donors (Lipinski definition) is 1. The van der Waals surface area contributed by atoms with Crippen molar-refractivity contribution < 1.29 is 0 Å². The minimum atomic E-state index is 0.396. The van der Waals surface area contributed by atoms with Gasteiger partial charge in [-0.2, -0.15) is 0 Å². The molecule has 2 aromatic rings. The lowest BCUT2D eigenvalue weighted by molar-refractivity contribution is 0.249. The number of halogens is 2. The molecule has 1 fully saturated rings. The molecule has 0 amide bonds. The number of nitrogen functional groups attached to an aromatic ring is 1. The van der Waals surface area contributed by atoms with Gasteiger partial charge in [0.25, 0.3) is 0 Å². The zero-order valence-corrected chi connectivity index (χ0v) is 13.8. The number of hydrogen-bond acceptors (Lipinski definition) is 2. The van der Waals surface area contributed by atoms with Crippen LogP contribution in [-0.2, 0) is 0 Å². The molecule has 1 heterocycles. The van der Waals surface area contributed by atoms with Gasteiger partial charge >= 0.3 is 0 Å². The lowest BCUT2D eigenvalue weighted by Crippen LogP contribution is -2.22. The Bertz CT molecular complexity index is 644. The first-order valence-electron chi connectivity index (χ1n) is 7.74. The Hall–Kier alpha value is -0.930. The molecule has 21 heavy (non-hydrogen) atoms. The Kier molecular flexibility index (Phi) is 4.32. The maximum atomic E-state index is 6.20. The van der Waals surface area contributed by atoms with Crippen LogP contribution in [-0.4, -0.2) is 9.55 Å². The molecule has 1 aliphatic carbocycles. The maximum Gasteiger partial charge on any atom is 0.201 e. The second-order valence-corrected chi connectivity index (χ2v) is 6.78. The molecule has 0 radical (unpaired) electrons. The molecular formula is C16H21Cl2N3. The summed E-state index contributed by atoms with van der Waals surface area (Å²) in [5.74, 6) is 1.25. The smallest absolute Gasteiger partial charge is 0.201 e. The molecule has 1 aromatic carbocycles. The van der Waals surface area contributed by atoms with E-state index in [1.54, 1.807) is 6.07 Å². The first-order valence-corrected chi connectivity index (χ1v) is 8.50. The van der Waals surface area contributed by atoms with Crippen molar-refractivity contribution in [2.45, 2.75) is 51.5 Å². The molecule has 3 rings (SSSR count). The summed E-state index contributed by atoms with van der Waals surface area (Å²) >= 11 is 12.3. The molecule has 1 atom stereocenters. The van der Waals surface area contributed by atoms with Gasteiger partial charge in [0.2, 0.25) is 5.95 Å². The van der Waals surface area contributed by atoms with Crippen LogP contribution in [0.5, 0.6) is 0 Å². The predicted octanol–water partition coefficient (Wildman–Crippen LogP) is 5.46. The fraction of sp³-hybridized carbons (Fsp3) is 0.562. The van der Waals surface area contributed by atoms with Crippen molar-refractivity contribution >= 4 is 40.2 Å². The van der Waals surface area contributed by atoms with E-state index in [-0.39, 0.29) is 0 Å². The molecular weight excluding hydrogens is 305 g/mol. The number of imidazole rings is 1. The molecule has 114 valence electrons. The number of benzene rings is 1. The molecule has 5 heteroatoms.